The third-order valence-corrected chi connectivity index (χ3v) is 3.89. The molecule has 0 radical (unpaired) electrons. The molecular weight excluding hydrogens is 284 g/mol. The van der Waals surface area contributed by atoms with Crippen molar-refractivity contribution in [1.29, 1.82) is 0 Å². The van der Waals surface area contributed by atoms with E-state index < -0.39 is 12.0 Å². The Morgan fingerprint density at radius 2 is 1.91 bits per heavy atom. The number of hydrogen-bond acceptors (Lipinski definition) is 4. The van der Waals surface area contributed by atoms with Crippen LogP contribution in [0.25, 0.3) is 0 Å². The van der Waals surface area contributed by atoms with Gasteiger partial charge in [-0.25, -0.2) is 0 Å². The zero-order valence-corrected chi connectivity index (χ0v) is 12.7. The molecule has 1 heterocycles. The van der Waals surface area contributed by atoms with Gasteiger partial charge in [0.05, 0.1) is 0 Å². The van der Waals surface area contributed by atoms with Gasteiger partial charge in [-0.3, -0.25) is 9.59 Å². The van der Waals surface area contributed by atoms with Crippen LogP contribution in [0.5, 0.6) is 5.75 Å². The molecule has 0 aromatic heterocycles. The summed E-state index contributed by atoms with van der Waals surface area (Å²) < 4.78 is 5.91. The third kappa shape index (κ3) is 4.46. The van der Waals surface area contributed by atoms with E-state index in [-0.39, 0.29) is 12.0 Å². The summed E-state index contributed by atoms with van der Waals surface area (Å²) in [7, 11) is 0. The Hall–Kier alpha value is -2.08. The molecule has 1 fully saturated rings. The van der Waals surface area contributed by atoms with E-state index in [2.05, 4.69) is 0 Å². The van der Waals surface area contributed by atoms with Gasteiger partial charge in [0.15, 0.2) is 0 Å². The molecule has 1 aromatic rings. The first-order valence-corrected chi connectivity index (χ1v) is 7.45. The Morgan fingerprint density at radius 3 is 2.41 bits per heavy atom. The summed E-state index contributed by atoms with van der Waals surface area (Å²) in [6.07, 6.45) is 2.06. The molecule has 1 amide bonds. The molecule has 6 nitrogen and oxygen atoms in total. The quantitative estimate of drug-likeness (QED) is 0.847. The summed E-state index contributed by atoms with van der Waals surface area (Å²) in [5, 5.41) is 8.80. The van der Waals surface area contributed by atoms with E-state index in [0.29, 0.717) is 6.42 Å². The standard InChI is InChI=1S/C16H22N2O4/c1-11(19)18-8-6-14(7-9-18)22-13-4-2-12(3-5-13)10-15(17)16(20)21/h2-5,14-15H,6-10,17H2,1H3,(H,20,21)/t15-/m0/s1. The summed E-state index contributed by atoms with van der Waals surface area (Å²) in [5.74, 6) is -0.135. The van der Waals surface area contributed by atoms with E-state index in [9.17, 15) is 9.59 Å². The largest absolute Gasteiger partial charge is 0.490 e. The van der Waals surface area contributed by atoms with Gasteiger partial charge in [0.2, 0.25) is 5.91 Å². The Balaban J connectivity index is 1.84. The molecule has 1 saturated heterocycles. The normalized spacial score (nSPS) is 17.1. The summed E-state index contributed by atoms with van der Waals surface area (Å²) in [6, 6.07) is 6.46. The highest BCUT2D eigenvalue weighted by molar-refractivity contribution is 5.73. The number of carboxylic acids is 1. The molecule has 120 valence electrons. The summed E-state index contributed by atoms with van der Waals surface area (Å²) in [4.78, 5) is 23.8. The minimum Gasteiger partial charge on any atom is -0.490 e. The number of hydrogen-bond donors (Lipinski definition) is 2. The smallest absolute Gasteiger partial charge is 0.320 e. The van der Waals surface area contributed by atoms with Crippen LogP contribution < -0.4 is 10.5 Å². The molecule has 1 atom stereocenters. The fraction of sp³-hybridized carbons (Fsp3) is 0.500. The van der Waals surface area contributed by atoms with Gasteiger partial charge >= 0.3 is 5.97 Å². The van der Waals surface area contributed by atoms with Crippen LogP contribution in [0.15, 0.2) is 24.3 Å². The van der Waals surface area contributed by atoms with Gasteiger partial charge in [-0.05, 0) is 24.1 Å². The first kappa shape index (κ1) is 16.3. The first-order valence-electron chi connectivity index (χ1n) is 7.45. The zero-order valence-electron chi connectivity index (χ0n) is 12.7. The average Bonchev–Trinajstić information content (AvgIpc) is 2.49. The number of carbonyl (C=O) groups is 2. The molecule has 1 aliphatic heterocycles. The zero-order chi connectivity index (χ0) is 16.1. The highest BCUT2D eigenvalue weighted by atomic mass is 16.5. The highest BCUT2D eigenvalue weighted by Gasteiger charge is 2.21. The minimum atomic E-state index is -1.00. The van der Waals surface area contributed by atoms with Crippen LogP contribution in [0.2, 0.25) is 0 Å². The van der Waals surface area contributed by atoms with Crippen molar-refractivity contribution in [2.24, 2.45) is 5.73 Å². The summed E-state index contributed by atoms with van der Waals surface area (Å²) >= 11 is 0. The predicted octanol–water partition coefficient (Wildman–Crippen LogP) is 1.03. The highest BCUT2D eigenvalue weighted by Crippen LogP contribution is 2.20. The Kier molecular flexibility index (Phi) is 5.38. The van der Waals surface area contributed by atoms with Crippen molar-refractivity contribution < 1.29 is 19.4 Å². The Labute approximate surface area is 129 Å². The van der Waals surface area contributed by atoms with E-state index in [4.69, 9.17) is 15.6 Å². The lowest BCUT2D eigenvalue weighted by molar-refractivity contribution is -0.138. The van der Waals surface area contributed by atoms with Gasteiger partial charge in [-0.1, -0.05) is 12.1 Å². The van der Waals surface area contributed by atoms with E-state index in [1.54, 1.807) is 6.92 Å². The van der Waals surface area contributed by atoms with E-state index in [0.717, 1.165) is 37.2 Å². The average molecular weight is 306 g/mol. The van der Waals surface area contributed by atoms with Crippen molar-refractivity contribution in [3.63, 3.8) is 0 Å². The second-order valence-corrected chi connectivity index (χ2v) is 5.62. The maximum Gasteiger partial charge on any atom is 0.320 e. The number of aliphatic carboxylic acids is 1. The molecule has 0 saturated carbocycles. The number of carboxylic acid groups (broad SMARTS) is 1. The molecule has 2 rings (SSSR count). The van der Waals surface area contributed by atoms with Crippen LogP contribution >= 0.6 is 0 Å². The fourth-order valence-electron chi connectivity index (χ4n) is 2.53. The van der Waals surface area contributed by atoms with Gasteiger partial charge in [0.25, 0.3) is 0 Å². The number of likely N-dealkylation sites (tertiary alicyclic amines) is 1. The summed E-state index contributed by atoms with van der Waals surface area (Å²) in [5.41, 5.74) is 6.38. The van der Waals surface area contributed by atoms with Crippen molar-refractivity contribution in [1.82, 2.24) is 4.90 Å². The number of piperidine rings is 1. The Morgan fingerprint density at radius 1 is 1.32 bits per heavy atom. The monoisotopic (exact) mass is 306 g/mol. The van der Waals surface area contributed by atoms with Gasteiger partial charge in [0, 0.05) is 32.9 Å². The van der Waals surface area contributed by atoms with Gasteiger partial charge in [-0.2, -0.15) is 0 Å². The lowest BCUT2D eigenvalue weighted by Gasteiger charge is -2.31. The predicted molar refractivity (Wildman–Crippen MR) is 81.7 cm³/mol. The Bertz CT molecular complexity index is 521. The van der Waals surface area contributed by atoms with Crippen LogP contribution in [0, 0.1) is 0 Å². The van der Waals surface area contributed by atoms with E-state index in [1.165, 1.54) is 0 Å². The second kappa shape index (κ2) is 7.26. The van der Waals surface area contributed by atoms with Crippen molar-refractivity contribution >= 4 is 11.9 Å². The molecule has 0 unspecified atom stereocenters. The fourth-order valence-corrected chi connectivity index (χ4v) is 2.53. The van der Waals surface area contributed by atoms with Crippen LogP contribution in [-0.2, 0) is 16.0 Å². The third-order valence-electron chi connectivity index (χ3n) is 3.89. The molecule has 22 heavy (non-hydrogen) atoms. The molecule has 0 bridgehead atoms. The molecule has 6 heteroatoms. The first-order chi connectivity index (χ1) is 10.5. The molecule has 0 aliphatic carbocycles. The topological polar surface area (TPSA) is 92.9 Å². The van der Waals surface area contributed by atoms with Gasteiger partial charge < -0.3 is 20.5 Å². The number of amides is 1. The molecule has 1 aliphatic rings. The van der Waals surface area contributed by atoms with Crippen LogP contribution in [0.3, 0.4) is 0 Å². The van der Waals surface area contributed by atoms with Crippen LogP contribution in [-0.4, -0.2) is 47.1 Å². The maximum atomic E-state index is 11.3. The number of benzene rings is 1. The molecule has 1 aromatic carbocycles. The van der Waals surface area contributed by atoms with Gasteiger partial charge in [0.1, 0.15) is 17.9 Å². The lowest BCUT2D eigenvalue weighted by atomic mass is 10.1. The minimum absolute atomic E-state index is 0.109. The van der Waals surface area contributed by atoms with Crippen molar-refractivity contribution in [2.45, 2.75) is 38.3 Å². The SMILES string of the molecule is CC(=O)N1CCC(Oc2ccc(C[C@H](N)C(=O)O)cc2)CC1. The van der Waals surface area contributed by atoms with Gasteiger partial charge in [-0.15, -0.1) is 0 Å². The van der Waals surface area contributed by atoms with Crippen molar-refractivity contribution in [2.75, 3.05) is 13.1 Å². The number of nitrogens with two attached hydrogens (primary N) is 1. The van der Waals surface area contributed by atoms with Crippen molar-refractivity contribution in [3.05, 3.63) is 29.8 Å². The van der Waals surface area contributed by atoms with E-state index >= 15 is 0 Å². The van der Waals surface area contributed by atoms with Crippen LogP contribution in [0.4, 0.5) is 0 Å². The number of ether oxygens (including phenoxy) is 1. The summed E-state index contributed by atoms with van der Waals surface area (Å²) in [6.45, 7) is 3.04. The number of nitrogens with zero attached hydrogens (tertiary/aromatic N) is 1. The molecular formula is C16H22N2O4. The lowest BCUT2D eigenvalue weighted by Crippen LogP contribution is -2.40. The second-order valence-electron chi connectivity index (χ2n) is 5.62. The number of rotatable bonds is 5. The molecule has 3 N–H and O–H groups in total. The number of carbonyl (C=O) groups excluding carboxylic acids is 1. The molecule has 0 spiro atoms. The maximum absolute atomic E-state index is 11.3. The van der Waals surface area contributed by atoms with Crippen LogP contribution in [0.1, 0.15) is 25.3 Å². The van der Waals surface area contributed by atoms with E-state index in [1.807, 2.05) is 29.2 Å². The van der Waals surface area contributed by atoms with Crippen molar-refractivity contribution in [3.8, 4) is 5.75 Å².